The van der Waals surface area contributed by atoms with Gasteiger partial charge in [-0.25, -0.2) is 9.55 Å². The van der Waals surface area contributed by atoms with E-state index in [-0.39, 0.29) is 5.56 Å². The molecule has 0 atom stereocenters. The monoisotopic (exact) mass is 481 g/mol. The Kier molecular flexibility index (Phi) is 5.47. The summed E-state index contributed by atoms with van der Waals surface area (Å²) in [5, 5.41) is 1.47. The SMILES string of the molecule is O=c1c2c(nc(-c3ccc(Cl)cc3Cl)n1-c1ccc(Cl)cc1)[nH]c[n+]2Cc1ccccc1. The van der Waals surface area contributed by atoms with Crippen LogP contribution in [0.5, 0.6) is 0 Å². The van der Waals surface area contributed by atoms with Crippen LogP contribution in [0.1, 0.15) is 5.56 Å². The largest absolute Gasteiger partial charge is 0.310 e. The van der Waals surface area contributed by atoms with Crippen molar-refractivity contribution in [2.45, 2.75) is 6.54 Å². The molecule has 0 saturated carbocycles. The maximum absolute atomic E-state index is 13.8. The molecular weight excluding hydrogens is 467 g/mol. The third-order valence-electron chi connectivity index (χ3n) is 5.16. The Balaban J connectivity index is 1.79. The minimum Gasteiger partial charge on any atom is -0.264 e. The van der Waals surface area contributed by atoms with Gasteiger partial charge in [-0.1, -0.05) is 65.1 Å². The molecule has 0 unspecified atom stereocenters. The van der Waals surface area contributed by atoms with Crippen LogP contribution >= 0.6 is 34.8 Å². The summed E-state index contributed by atoms with van der Waals surface area (Å²) in [6, 6.07) is 22.0. The zero-order chi connectivity index (χ0) is 22.2. The zero-order valence-corrected chi connectivity index (χ0v) is 18.9. The fourth-order valence-electron chi connectivity index (χ4n) is 3.66. The van der Waals surface area contributed by atoms with Crippen molar-refractivity contribution in [3.63, 3.8) is 0 Å². The summed E-state index contributed by atoms with van der Waals surface area (Å²) in [4.78, 5) is 21.7. The molecule has 5 aromatic rings. The first-order valence-electron chi connectivity index (χ1n) is 9.80. The molecule has 8 heteroatoms. The number of aromatic nitrogens is 4. The number of nitrogens with one attached hydrogen (secondary N) is 1. The number of aromatic amines is 1. The quantitative estimate of drug-likeness (QED) is 0.335. The molecule has 5 nitrogen and oxygen atoms in total. The number of hydrogen-bond acceptors (Lipinski definition) is 2. The Bertz CT molecular complexity index is 1490. The number of hydrogen-bond donors (Lipinski definition) is 1. The predicted molar refractivity (Wildman–Crippen MR) is 128 cm³/mol. The van der Waals surface area contributed by atoms with Gasteiger partial charge in [-0.15, -0.1) is 0 Å². The molecule has 1 N–H and O–H groups in total. The van der Waals surface area contributed by atoms with Gasteiger partial charge < -0.3 is 0 Å². The average molecular weight is 483 g/mol. The lowest BCUT2D eigenvalue weighted by Crippen LogP contribution is -2.38. The van der Waals surface area contributed by atoms with E-state index < -0.39 is 0 Å². The van der Waals surface area contributed by atoms with E-state index in [0.29, 0.717) is 49.9 Å². The fourth-order valence-corrected chi connectivity index (χ4v) is 4.28. The average Bonchev–Trinajstić information content (AvgIpc) is 3.18. The van der Waals surface area contributed by atoms with Crippen molar-refractivity contribution in [2.24, 2.45) is 0 Å². The van der Waals surface area contributed by atoms with Crippen LogP contribution in [-0.2, 0) is 6.54 Å². The topological polar surface area (TPSA) is 54.6 Å². The van der Waals surface area contributed by atoms with E-state index in [1.54, 1.807) is 53.4 Å². The third kappa shape index (κ3) is 3.79. The van der Waals surface area contributed by atoms with Crippen LogP contribution in [0.3, 0.4) is 0 Å². The standard InChI is InChI=1S/C24H15Cl3N4O/c25-16-6-9-18(10-7-16)31-23(19-11-8-17(26)12-20(19)27)29-22-21(24(31)32)30(14-28-22)13-15-4-2-1-3-5-15/h1-12,14H,13H2/p+1. The van der Waals surface area contributed by atoms with Crippen LogP contribution in [0.2, 0.25) is 15.1 Å². The molecule has 0 aliphatic rings. The van der Waals surface area contributed by atoms with Crippen molar-refractivity contribution in [1.29, 1.82) is 0 Å². The summed E-state index contributed by atoms with van der Waals surface area (Å²) in [5.41, 5.74) is 2.99. The first-order chi connectivity index (χ1) is 15.5. The lowest BCUT2D eigenvalue weighted by molar-refractivity contribution is -0.662. The maximum atomic E-state index is 13.8. The normalized spacial score (nSPS) is 11.2. The maximum Gasteiger partial charge on any atom is 0.310 e. The van der Waals surface area contributed by atoms with E-state index in [1.807, 2.05) is 34.9 Å². The highest BCUT2D eigenvalue weighted by molar-refractivity contribution is 6.36. The fraction of sp³-hybridized carbons (Fsp3) is 0.0417. The van der Waals surface area contributed by atoms with Crippen molar-refractivity contribution < 1.29 is 4.57 Å². The van der Waals surface area contributed by atoms with Crippen molar-refractivity contribution >= 4 is 46.0 Å². The van der Waals surface area contributed by atoms with E-state index in [4.69, 9.17) is 39.8 Å². The number of nitrogens with zero attached hydrogens (tertiary/aromatic N) is 3. The smallest absolute Gasteiger partial charge is 0.264 e. The molecule has 5 rings (SSSR count). The second-order valence-corrected chi connectivity index (χ2v) is 8.54. The van der Waals surface area contributed by atoms with Gasteiger partial charge in [-0.2, -0.15) is 4.98 Å². The summed E-state index contributed by atoms with van der Waals surface area (Å²) in [6.07, 6.45) is 1.76. The number of H-pyrrole nitrogens is 1. The van der Waals surface area contributed by atoms with Crippen LogP contribution in [-0.4, -0.2) is 14.5 Å². The Morgan fingerprint density at radius 2 is 1.62 bits per heavy atom. The highest BCUT2D eigenvalue weighted by Crippen LogP contribution is 2.30. The summed E-state index contributed by atoms with van der Waals surface area (Å²) in [6.45, 7) is 0.527. The van der Waals surface area contributed by atoms with Gasteiger partial charge >= 0.3 is 5.56 Å². The van der Waals surface area contributed by atoms with Crippen molar-refractivity contribution in [3.8, 4) is 17.1 Å². The molecule has 0 amide bonds. The van der Waals surface area contributed by atoms with Gasteiger partial charge in [0.2, 0.25) is 6.33 Å². The molecule has 0 aliphatic heterocycles. The van der Waals surface area contributed by atoms with Gasteiger partial charge in [-0.3, -0.25) is 9.36 Å². The molecule has 0 radical (unpaired) electrons. The molecule has 2 heterocycles. The van der Waals surface area contributed by atoms with E-state index >= 15 is 0 Å². The van der Waals surface area contributed by atoms with E-state index in [0.717, 1.165) is 5.56 Å². The number of fused-ring (bicyclic) bond motifs is 1. The minimum absolute atomic E-state index is 0.226. The van der Waals surface area contributed by atoms with Crippen molar-refractivity contribution in [3.05, 3.63) is 110 Å². The van der Waals surface area contributed by atoms with Gasteiger partial charge in [-0.05, 0) is 48.0 Å². The predicted octanol–water partition coefficient (Wildman–Crippen LogP) is 5.68. The molecule has 0 bridgehead atoms. The van der Waals surface area contributed by atoms with Crippen LogP contribution in [0.25, 0.3) is 28.2 Å². The Labute approximate surface area is 198 Å². The van der Waals surface area contributed by atoms with E-state index in [9.17, 15) is 4.79 Å². The molecule has 0 fully saturated rings. The minimum atomic E-state index is -0.226. The van der Waals surface area contributed by atoms with Crippen LogP contribution in [0.15, 0.2) is 83.9 Å². The van der Waals surface area contributed by atoms with Gasteiger partial charge in [0.15, 0.2) is 5.82 Å². The van der Waals surface area contributed by atoms with Crippen LogP contribution in [0.4, 0.5) is 0 Å². The van der Waals surface area contributed by atoms with Crippen molar-refractivity contribution in [2.75, 3.05) is 0 Å². The molecule has 2 aromatic heterocycles. The summed E-state index contributed by atoms with van der Waals surface area (Å²) >= 11 is 18.7. The first-order valence-corrected chi connectivity index (χ1v) is 10.9. The molecule has 32 heavy (non-hydrogen) atoms. The lowest BCUT2D eigenvalue weighted by atomic mass is 10.2. The van der Waals surface area contributed by atoms with Gasteiger partial charge in [0.1, 0.15) is 6.54 Å². The lowest BCUT2D eigenvalue weighted by Gasteiger charge is -2.13. The highest BCUT2D eigenvalue weighted by Gasteiger charge is 2.23. The van der Waals surface area contributed by atoms with E-state index in [1.165, 1.54) is 0 Å². The van der Waals surface area contributed by atoms with Gasteiger partial charge in [0.25, 0.3) is 11.2 Å². The Morgan fingerprint density at radius 1 is 0.906 bits per heavy atom. The molecule has 0 aliphatic carbocycles. The number of benzene rings is 3. The Morgan fingerprint density at radius 3 is 2.34 bits per heavy atom. The molecule has 0 spiro atoms. The zero-order valence-electron chi connectivity index (χ0n) is 16.6. The number of imidazole rings is 1. The summed E-state index contributed by atoms with van der Waals surface area (Å²) < 4.78 is 3.41. The Hall–Kier alpha value is -3.12. The molecular formula is C24H16Cl3N4O+. The first kappa shape index (κ1) is 20.8. The number of rotatable bonds is 4. The third-order valence-corrected chi connectivity index (χ3v) is 5.96. The second kappa shape index (κ2) is 8.43. The molecule has 3 aromatic carbocycles. The van der Waals surface area contributed by atoms with Gasteiger partial charge in [0.05, 0.1) is 10.7 Å². The van der Waals surface area contributed by atoms with Crippen molar-refractivity contribution in [1.82, 2.24) is 14.5 Å². The summed E-state index contributed by atoms with van der Waals surface area (Å²) in [7, 11) is 0. The van der Waals surface area contributed by atoms with E-state index in [2.05, 4.69) is 4.98 Å². The highest BCUT2D eigenvalue weighted by atomic mass is 35.5. The van der Waals surface area contributed by atoms with Crippen LogP contribution < -0.4 is 10.1 Å². The number of halogens is 3. The molecule has 158 valence electrons. The van der Waals surface area contributed by atoms with Crippen LogP contribution in [0, 0.1) is 0 Å². The summed E-state index contributed by atoms with van der Waals surface area (Å²) in [5.74, 6) is 0.403. The molecule has 0 saturated heterocycles. The van der Waals surface area contributed by atoms with Gasteiger partial charge in [0, 0.05) is 15.6 Å². The second-order valence-electron chi connectivity index (χ2n) is 7.26.